The van der Waals surface area contributed by atoms with Gasteiger partial charge in [-0.3, -0.25) is 0 Å². The minimum absolute atomic E-state index is 0.447. The van der Waals surface area contributed by atoms with E-state index in [2.05, 4.69) is 30.3 Å². The van der Waals surface area contributed by atoms with Crippen molar-refractivity contribution in [2.45, 2.75) is 19.6 Å². The first-order valence-corrected chi connectivity index (χ1v) is 7.11. The van der Waals surface area contributed by atoms with Gasteiger partial charge in [0.1, 0.15) is 12.4 Å². The molecule has 0 aromatic heterocycles. The zero-order valence-electron chi connectivity index (χ0n) is 12.0. The van der Waals surface area contributed by atoms with Gasteiger partial charge in [0.25, 0.3) is 0 Å². The van der Waals surface area contributed by atoms with Crippen LogP contribution in [0, 0.1) is 0 Å². The summed E-state index contributed by atoms with van der Waals surface area (Å²) in [4.78, 5) is 0. The highest BCUT2D eigenvalue weighted by Gasteiger charge is 2.03. The fourth-order valence-electron chi connectivity index (χ4n) is 2.42. The predicted octanol–water partition coefficient (Wildman–Crippen LogP) is 4.47. The second-order valence-corrected chi connectivity index (χ2v) is 5.17. The van der Waals surface area contributed by atoms with Crippen molar-refractivity contribution in [2.24, 2.45) is 0 Å². The van der Waals surface area contributed by atoms with Crippen LogP contribution in [0.3, 0.4) is 0 Å². The Kier molecular flexibility index (Phi) is 3.89. The lowest BCUT2D eigenvalue weighted by molar-refractivity contribution is 0.199. The van der Waals surface area contributed by atoms with Gasteiger partial charge in [-0.05, 0) is 41.0 Å². The zero-order valence-corrected chi connectivity index (χ0v) is 12.0. The minimum Gasteiger partial charge on any atom is -0.489 e. The smallest absolute Gasteiger partial charge is 0.119 e. The van der Waals surface area contributed by atoms with Gasteiger partial charge in [-0.1, -0.05) is 54.6 Å². The van der Waals surface area contributed by atoms with Crippen molar-refractivity contribution in [1.82, 2.24) is 0 Å². The molecule has 0 bridgehead atoms. The molecule has 0 unspecified atom stereocenters. The predicted molar refractivity (Wildman–Crippen MR) is 85.4 cm³/mol. The molecule has 0 radical (unpaired) electrons. The Hall–Kier alpha value is -2.32. The minimum atomic E-state index is -0.447. The Morgan fingerprint density at radius 2 is 1.62 bits per heavy atom. The van der Waals surface area contributed by atoms with E-state index in [0.717, 1.165) is 11.3 Å². The molecule has 0 saturated carbocycles. The second kappa shape index (κ2) is 5.98. The molecule has 0 spiro atoms. The molecule has 2 nitrogen and oxygen atoms in total. The van der Waals surface area contributed by atoms with Gasteiger partial charge in [-0.2, -0.15) is 0 Å². The number of fused-ring (bicyclic) bond motifs is 1. The quantitative estimate of drug-likeness (QED) is 0.763. The fraction of sp³-hybridized carbons (Fsp3) is 0.158. The summed E-state index contributed by atoms with van der Waals surface area (Å²) in [5.41, 5.74) is 2.07. The van der Waals surface area contributed by atoms with Crippen LogP contribution in [0.5, 0.6) is 5.75 Å². The zero-order chi connectivity index (χ0) is 14.7. The van der Waals surface area contributed by atoms with Crippen molar-refractivity contribution in [3.63, 3.8) is 0 Å². The number of ether oxygens (including phenoxy) is 1. The molecular formula is C19H18O2. The van der Waals surface area contributed by atoms with Crippen LogP contribution in [0.2, 0.25) is 0 Å². The van der Waals surface area contributed by atoms with E-state index in [1.54, 1.807) is 6.92 Å². The molecule has 3 aromatic rings. The number of benzene rings is 3. The third-order valence-electron chi connectivity index (χ3n) is 3.64. The average Bonchev–Trinajstić information content (AvgIpc) is 2.53. The SMILES string of the molecule is C[C@H](O)c1ccc(OCc2cccc3ccccc23)cc1. The summed E-state index contributed by atoms with van der Waals surface area (Å²) in [6.07, 6.45) is -0.447. The monoisotopic (exact) mass is 278 g/mol. The van der Waals surface area contributed by atoms with Crippen molar-refractivity contribution < 1.29 is 9.84 Å². The van der Waals surface area contributed by atoms with E-state index in [1.165, 1.54) is 16.3 Å². The van der Waals surface area contributed by atoms with E-state index in [9.17, 15) is 5.11 Å². The van der Waals surface area contributed by atoms with Crippen molar-refractivity contribution in [3.8, 4) is 5.75 Å². The van der Waals surface area contributed by atoms with E-state index >= 15 is 0 Å². The Bertz CT molecular complexity index is 725. The first-order chi connectivity index (χ1) is 10.2. The molecule has 1 atom stereocenters. The summed E-state index contributed by atoms with van der Waals surface area (Å²) in [5.74, 6) is 0.812. The van der Waals surface area contributed by atoms with Crippen LogP contribution >= 0.6 is 0 Å². The highest BCUT2D eigenvalue weighted by molar-refractivity contribution is 5.85. The molecule has 106 valence electrons. The molecule has 0 saturated heterocycles. The standard InChI is InChI=1S/C19H18O2/c1-14(20)15-9-11-18(12-10-15)21-13-17-7-4-6-16-5-2-3-8-19(16)17/h2-12,14,20H,13H2,1H3/t14-/m0/s1. The molecule has 0 fully saturated rings. The molecule has 1 N–H and O–H groups in total. The van der Waals surface area contributed by atoms with Gasteiger partial charge >= 0.3 is 0 Å². The largest absolute Gasteiger partial charge is 0.489 e. The molecular weight excluding hydrogens is 260 g/mol. The van der Waals surface area contributed by atoms with Gasteiger partial charge in [0, 0.05) is 0 Å². The molecule has 0 aliphatic heterocycles. The Labute approximate surface area is 124 Å². The lowest BCUT2D eigenvalue weighted by atomic mass is 10.1. The topological polar surface area (TPSA) is 29.5 Å². The van der Waals surface area contributed by atoms with Gasteiger partial charge in [0.15, 0.2) is 0 Å². The van der Waals surface area contributed by atoms with Crippen LogP contribution in [-0.4, -0.2) is 5.11 Å². The lowest BCUT2D eigenvalue weighted by Gasteiger charge is -2.10. The Balaban J connectivity index is 1.77. The first kappa shape index (κ1) is 13.7. The van der Waals surface area contributed by atoms with E-state index in [1.807, 2.05) is 36.4 Å². The molecule has 3 rings (SSSR count). The van der Waals surface area contributed by atoms with Crippen molar-refractivity contribution in [2.75, 3.05) is 0 Å². The summed E-state index contributed by atoms with van der Waals surface area (Å²) in [7, 11) is 0. The maximum Gasteiger partial charge on any atom is 0.119 e. The normalized spacial score (nSPS) is 12.3. The van der Waals surface area contributed by atoms with Crippen molar-refractivity contribution >= 4 is 10.8 Å². The summed E-state index contributed by atoms with van der Waals surface area (Å²) in [6, 6.07) is 22.1. The molecule has 2 heteroatoms. The van der Waals surface area contributed by atoms with Crippen molar-refractivity contribution in [3.05, 3.63) is 77.9 Å². The highest BCUT2D eigenvalue weighted by atomic mass is 16.5. The number of hydrogen-bond donors (Lipinski definition) is 1. The highest BCUT2D eigenvalue weighted by Crippen LogP contribution is 2.22. The summed E-state index contributed by atoms with van der Waals surface area (Å²) < 4.78 is 5.85. The van der Waals surface area contributed by atoms with Crippen LogP contribution in [0.15, 0.2) is 66.7 Å². The lowest BCUT2D eigenvalue weighted by Crippen LogP contribution is -1.97. The summed E-state index contributed by atoms with van der Waals surface area (Å²) >= 11 is 0. The van der Waals surface area contributed by atoms with Gasteiger partial charge in [0.2, 0.25) is 0 Å². The van der Waals surface area contributed by atoms with Gasteiger partial charge in [-0.15, -0.1) is 0 Å². The van der Waals surface area contributed by atoms with Crippen LogP contribution in [0.25, 0.3) is 10.8 Å². The maximum absolute atomic E-state index is 9.50. The van der Waals surface area contributed by atoms with Crippen molar-refractivity contribution in [1.29, 1.82) is 0 Å². The molecule has 0 aliphatic carbocycles. The van der Waals surface area contributed by atoms with Gasteiger partial charge < -0.3 is 9.84 Å². The fourth-order valence-corrected chi connectivity index (χ4v) is 2.42. The molecule has 0 amide bonds. The average molecular weight is 278 g/mol. The van der Waals surface area contributed by atoms with Crippen LogP contribution in [0.1, 0.15) is 24.2 Å². The molecule has 0 aliphatic rings. The van der Waals surface area contributed by atoms with Crippen LogP contribution in [-0.2, 0) is 6.61 Å². The van der Waals surface area contributed by atoms with Crippen LogP contribution in [0.4, 0.5) is 0 Å². The molecule has 21 heavy (non-hydrogen) atoms. The van der Waals surface area contributed by atoms with E-state index in [-0.39, 0.29) is 0 Å². The number of hydrogen-bond acceptors (Lipinski definition) is 2. The third-order valence-corrected chi connectivity index (χ3v) is 3.64. The summed E-state index contributed by atoms with van der Waals surface area (Å²) in [5, 5.41) is 11.9. The van der Waals surface area contributed by atoms with E-state index in [4.69, 9.17) is 4.74 Å². The van der Waals surface area contributed by atoms with Gasteiger partial charge in [0.05, 0.1) is 6.10 Å². The third kappa shape index (κ3) is 3.06. The summed E-state index contributed by atoms with van der Waals surface area (Å²) in [6.45, 7) is 2.29. The number of aliphatic hydroxyl groups excluding tert-OH is 1. The van der Waals surface area contributed by atoms with Gasteiger partial charge in [-0.25, -0.2) is 0 Å². The molecule has 0 heterocycles. The Morgan fingerprint density at radius 1 is 0.905 bits per heavy atom. The number of rotatable bonds is 4. The van der Waals surface area contributed by atoms with E-state index < -0.39 is 6.10 Å². The second-order valence-electron chi connectivity index (χ2n) is 5.17. The Morgan fingerprint density at radius 3 is 2.38 bits per heavy atom. The van der Waals surface area contributed by atoms with Crippen LogP contribution < -0.4 is 4.74 Å². The maximum atomic E-state index is 9.50. The van der Waals surface area contributed by atoms with E-state index in [0.29, 0.717) is 6.61 Å². The first-order valence-electron chi connectivity index (χ1n) is 7.11. The molecule has 3 aromatic carbocycles. The number of aliphatic hydroxyl groups is 1.